The van der Waals surface area contributed by atoms with Crippen LogP contribution in [-0.4, -0.2) is 56.6 Å². The fourth-order valence-electron chi connectivity index (χ4n) is 1.64. The minimum Gasteiger partial charge on any atom is -0.468 e. The molecule has 0 aliphatic carbocycles. The molecule has 0 aromatic heterocycles. The Kier molecular flexibility index (Phi) is 5.56. The third-order valence-electron chi connectivity index (χ3n) is 2.52. The van der Waals surface area contributed by atoms with Crippen molar-refractivity contribution in [2.45, 2.75) is 38.5 Å². The van der Waals surface area contributed by atoms with E-state index in [1.165, 1.54) is 7.11 Å². The number of alkyl carbamates (subject to hydrolysis) is 1. The fourth-order valence-corrected chi connectivity index (χ4v) is 1.64. The predicted octanol–water partition coefficient (Wildman–Crippen LogP) is 0.0411. The maximum Gasteiger partial charge on any atom is 0.408 e. The highest BCUT2D eigenvalue weighted by Gasteiger charge is 2.31. The first-order chi connectivity index (χ1) is 8.81. The third kappa shape index (κ3) is 5.89. The largest absolute Gasteiger partial charge is 0.468 e. The molecule has 1 amide bonds. The first-order valence-electron chi connectivity index (χ1n) is 6.19. The Hall–Kier alpha value is -1.34. The summed E-state index contributed by atoms with van der Waals surface area (Å²) in [5, 5.41) is 5.71. The summed E-state index contributed by atoms with van der Waals surface area (Å²) in [5.41, 5.74) is -0.543. The molecule has 0 radical (unpaired) electrons. The van der Waals surface area contributed by atoms with Gasteiger partial charge in [-0.3, -0.25) is 10.1 Å². The molecular formula is C12H22N2O5. The van der Waals surface area contributed by atoms with Gasteiger partial charge in [-0.15, -0.1) is 0 Å². The van der Waals surface area contributed by atoms with Gasteiger partial charge >= 0.3 is 12.1 Å². The van der Waals surface area contributed by atoms with E-state index in [1.807, 2.05) is 0 Å². The van der Waals surface area contributed by atoms with Crippen LogP contribution < -0.4 is 10.6 Å². The van der Waals surface area contributed by atoms with Crippen LogP contribution in [0.1, 0.15) is 20.8 Å². The zero-order valence-electron chi connectivity index (χ0n) is 11.8. The van der Waals surface area contributed by atoms with Gasteiger partial charge < -0.3 is 19.5 Å². The Labute approximate surface area is 113 Å². The van der Waals surface area contributed by atoms with Gasteiger partial charge in [-0.05, 0) is 20.8 Å². The van der Waals surface area contributed by atoms with E-state index in [2.05, 4.69) is 15.4 Å². The summed E-state index contributed by atoms with van der Waals surface area (Å²) < 4.78 is 15.0. The fraction of sp³-hybridized carbons (Fsp3) is 0.833. The maximum atomic E-state index is 11.6. The van der Waals surface area contributed by atoms with E-state index >= 15 is 0 Å². The zero-order valence-corrected chi connectivity index (χ0v) is 11.8. The molecule has 2 N–H and O–H groups in total. The lowest BCUT2D eigenvalue weighted by Gasteiger charge is -2.24. The molecule has 0 bridgehead atoms. The van der Waals surface area contributed by atoms with E-state index in [9.17, 15) is 9.59 Å². The van der Waals surface area contributed by atoms with E-state index in [-0.39, 0.29) is 24.6 Å². The molecule has 110 valence electrons. The second kappa shape index (κ2) is 6.72. The summed E-state index contributed by atoms with van der Waals surface area (Å²) in [6.45, 7) is 6.28. The molecule has 0 saturated carbocycles. The van der Waals surface area contributed by atoms with Crippen LogP contribution in [0, 0.1) is 0 Å². The predicted molar refractivity (Wildman–Crippen MR) is 67.8 cm³/mol. The molecule has 0 aromatic rings. The molecule has 1 fully saturated rings. The summed E-state index contributed by atoms with van der Waals surface area (Å²) in [6, 6.07) is -0.355. The lowest BCUT2D eigenvalue weighted by Crippen LogP contribution is -2.51. The van der Waals surface area contributed by atoms with Gasteiger partial charge in [0.2, 0.25) is 0 Å². The van der Waals surface area contributed by atoms with Crippen LogP contribution in [0.2, 0.25) is 0 Å². The van der Waals surface area contributed by atoms with Crippen LogP contribution >= 0.6 is 0 Å². The quantitative estimate of drug-likeness (QED) is 0.704. The van der Waals surface area contributed by atoms with E-state index in [0.717, 1.165) is 0 Å². The van der Waals surface area contributed by atoms with Gasteiger partial charge in [0.25, 0.3) is 0 Å². The van der Waals surface area contributed by atoms with Crippen molar-refractivity contribution in [2.75, 3.05) is 26.9 Å². The average Bonchev–Trinajstić information content (AvgIpc) is 2.70. The van der Waals surface area contributed by atoms with Crippen LogP contribution in [-0.2, 0) is 19.0 Å². The van der Waals surface area contributed by atoms with Crippen LogP contribution in [0.3, 0.4) is 0 Å². The molecule has 0 aromatic carbocycles. The second-order valence-electron chi connectivity index (χ2n) is 5.35. The molecule has 0 spiro atoms. The highest BCUT2D eigenvalue weighted by atomic mass is 16.6. The SMILES string of the molecule is COC(=O)CN[C@H]1COC[C@@H]1NC(=O)OC(C)(C)C. The van der Waals surface area contributed by atoms with E-state index in [4.69, 9.17) is 9.47 Å². The summed E-state index contributed by atoms with van der Waals surface area (Å²) in [7, 11) is 1.32. The molecule has 1 saturated heterocycles. The zero-order chi connectivity index (χ0) is 14.5. The monoisotopic (exact) mass is 274 g/mol. The van der Waals surface area contributed by atoms with Crippen LogP contribution in [0.5, 0.6) is 0 Å². The average molecular weight is 274 g/mol. The normalized spacial score (nSPS) is 22.9. The van der Waals surface area contributed by atoms with Crippen LogP contribution in [0.4, 0.5) is 4.79 Å². The highest BCUT2D eigenvalue weighted by Crippen LogP contribution is 2.10. The molecule has 7 nitrogen and oxygen atoms in total. The Bertz CT molecular complexity index is 327. The molecule has 1 heterocycles. The number of ether oxygens (including phenoxy) is 3. The minimum absolute atomic E-state index is 0.0804. The number of carbonyl (C=O) groups is 2. The number of hydrogen-bond acceptors (Lipinski definition) is 6. The summed E-state index contributed by atoms with van der Waals surface area (Å²) in [5.74, 6) is -0.358. The minimum atomic E-state index is -0.543. The van der Waals surface area contributed by atoms with Crippen molar-refractivity contribution >= 4 is 12.1 Å². The number of methoxy groups -OCH3 is 1. The van der Waals surface area contributed by atoms with E-state index < -0.39 is 11.7 Å². The van der Waals surface area contributed by atoms with Crippen molar-refractivity contribution in [2.24, 2.45) is 0 Å². The molecule has 1 rings (SSSR count). The number of hydrogen-bond donors (Lipinski definition) is 2. The number of nitrogens with one attached hydrogen (secondary N) is 2. The second-order valence-corrected chi connectivity index (χ2v) is 5.35. The molecular weight excluding hydrogens is 252 g/mol. The molecule has 7 heteroatoms. The first-order valence-corrected chi connectivity index (χ1v) is 6.19. The van der Waals surface area contributed by atoms with Crippen LogP contribution in [0.25, 0.3) is 0 Å². The summed E-state index contributed by atoms with van der Waals surface area (Å²) in [4.78, 5) is 22.7. The van der Waals surface area contributed by atoms with E-state index in [0.29, 0.717) is 13.2 Å². The van der Waals surface area contributed by atoms with Crippen LogP contribution in [0.15, 0.2) is 0 Å². The molecule has 1 aliphatic heterocycles. The van der Waals surface area contributed by atoms with Gasteiger partial charge in [-0.25, -0.2) is 4.79 Å². The molecule has 2 atom stereocenters. The summed E-state index contributed by atoms with van der Waals surface area (Å²) >= 11 is 0. The highest BCUT2D eigenvalue weighted by molar-refractivity contribution is 5.71. The summed E-state index contributed by atoms with van der Waals surface area (Å²) in [6.07, 6.45) is -0.493. The maximum absolute atomic E-state index is 11.6. The topological polar surface area (TPSA) is 85.9 Å². The Morgan fingerprint density at radius 3 is 2.47 bits per heavy atom. The molecule has 19 heavy (non-hydrogen) atoms. The number of rotatable bonds is 4. The van der Waals surface area contributed by atoms with Gasteiger partial charge in [-0.2, -0.15) is 0 Å². The lowest BCUT2D eigenvalue weighted by atomic mass is 10.1. The number of esters is 1. The Morgan fingerprint density at radius 1 is 1.26 bits per heavy atom. The Morgan fingerprint density at radius 2 is 1.89 bits per heavy atom. The lowest BCUT2D eigenvalue weighted by molar-refractivity contribution is -0.139. The van der Waals surface area contributed by atoms with Crippen molar-refractivity contribution in [3.05, 3.63) is 0 Å². The van der Waals surface area contributed by atoms with Crippen molar-refractivity contribution in [1.29, 1.82) is 0 Å². The van der Waals surface area contributed by atoms with Gasteiger partial charge in [0.15, 0.2) is 0 Å². The van der Waals surface area contributed by atoms with Crippen molar-refractivity contribution < 1.29 is 23.8 Å². The number of amides is 1. The molecule has 1 aliphatic rings. The van der Waals surface area contributed by atoms with Gasteiger partial charge in [-0.1, -0.05) is 0 Å². The van der Waals surface area contributed by atoms with Gasteiger partial charge in [0.05, 0.1) is 39.0 Å². The van der Waals surface area contributed by atoms with Crippen molar-refractivity contribution in [3.8, 4) is 0 Å². The smallest absolute Gasteiger partial charge is 0.408 e. The molecule has 0 unspecified atom stereocenters. The van der Waals surface area contributed by atoms with Crippen molar-refractivity contribution in [1.82, 2.24) is 10.6 Å². The van der Waals surface area contributed by atoms with Gasteiger partial charge in [0.1, 0.15) is 5.60 Å². The van der Waals surface area contributed by atoms with Gasteiger partial charge in [0, 0.05) is 0 Å². The van der Waals surface area contributed by atoms with E-state index in [1.54, 1.807) is 20.8 Å². The van der Waals surface area contributed by atoms with Crippen molar-refractivity contribution in [3.63, 3.8) is 0 Å². The third-order valence-corrected chi connectivity index (χ3v) is 2.52. The Balaban J connectivity index is 2.39. The standard InChI is InChI=1S/C12H22N2O5/c1-12(2,3)19-11(16)14-9-7-18-6-8(9)13-5-10(15)17-4/h8-9,13H,5-7H2,1-4H3,(H,14,16)/t8-,9-/m0/s1. The number of carbonyl (C=O) groups excluding carboxylic acids is 2. The first kappa shape index (κ1) is 15.7.